The van der Waals surface area contributed by atoms with Gasteiger partial charge in [0.2, 0.25) is 0 Å². The third-order valence-electron chi connectivity index (χ3n) is 22.7. The summed E-state index contributed by atoms with van der Waals surface area (Å²) in [4.78, 5) is 0. The summed E-state index contributed by atoms with van der Waals surface area (Å²) in [5.74, 6) is 0. The van der Waals surface area contributed by atoms with Crippen LogP contribution >= 0.6 is 0 Å². The van der Waals surface area contributed by atoms with Crippen molar-refractivity contribution in [3.63, 3.8) is 0 Å². The highest BCUT2D eigenvalue weighted by Crippen LogP contribution is 2.54. The van der Waals surface area contributed by atoms with Crippen LogP contribution in [0.1, 0.15) is 0 Å². The molecule has 0 amide bonds. The zero-order valence-corrected chi connectivity index (χ0v) is 57.6. The van der Waals surface area contributed by atoms with E-state index in [0.717, 1.165) is 110 Å². The molecule has 0 aliphatic carbocycles. The lowest BCUT2D eigenvalue weighted by Gasteiger charge is -2.22. The second-order valence-corrected chi connectivity index (χ2v) is 28.3. The van der Waals surface area contributed by atoms with E-state index in [4.69, 9.17) is 8.83 Å². The van der Waals surface area contributed by atoms with Crippen LogP contribution in [0.2, 0.25) is 0 Å². The highest BCUT2D eigenvalue weighted by molar-refractivity contribution is 6.28. The molecule has 0 saturated carbocycles. The average molecular weight is 1340 g/mol. The first-order valence-electron chi connectivity index (χ1n) is 36.6. The van der Waals surface area contributed by atoms with Crippen molar-refractivity contribution in [3.8, 4) is 100 Å². The maximum Gasteiger partial charge on any atom is 0.143 e. The summed E-state index contributed by atoms with van der Waals surface area (Å²) in [6.45, 7) is 0. The van der Waals surface area contributed by atoms with Gasteiger partial charge in [-0.2, -0.15) is 0 Å². The molecule has 22 aromatic rings. The summed E-state index contributed by atoms with van der Waals surface area (Å²) in [6.07, 6.45) is 0. The first-order valence-corrected chi connectivity index (χ1v) is 36.6. The van der Waals surface area contributed by atoms with Gasteiger partial charge in [-0.15, -0.1) is 0 Å². The van der Waals surface area contributed by atoms with Gasteiger partial charge in [-0.1, -0.05) is 340 Å². The Balaban J connectivity index is 0.786. The molecule has 0 bridgehead atoms. The third-order valence-corrected chi connectivity index (χ3v) is 22.7. The van der Waals surface area contributed by atoms with E-state index in [0.29, 0.717) is 0 Å². The number of para-hydroxylation sites is 2. The molecule has 0 fully saturated rings. The first kappa shape index (κ1) is 59.7. The molecular weight excluding hydrogens is 1280 g/mol. The van der Waals surface area contributed by atoms with Crippen LogP contribution in [0.4, 0.5) is 0 Å². The number of rotatable bonds is 9. The molecule has 490 valence electrons. The second kappa shape index (κ2) is 23.8. The van der Waals surface area contributed by atoms with Gasteiger partial charge >= 0.3 is 0 Å². The fourth-order valence-electron chi connectivity index (χ4n) is 18.0. The van der Waals surface area contributed by atoms with Gasteiger partial charge in [-0.25, -0.2) is 0 Å². The van der Waals surface area contributed by atoms with Gasteiger partial charge in [-0.3, -0.25) is 0 Å². The van der Waals surface area contributed by atoms with Crippen molar-refractivity contribution in [2.45, 2.75) is 0 Å². The zero-order valence-electron chi connectivity index (χ0n) is 57.6. The summed E-state index contributed by atoms with van der Waals surface area (Å²) in [5.41, 5.74) is 24.1. The van der Waals surface area contributed by atoms with Crippen molar-refractivity contribution in [1.82, 2.24) is 0 Å². The van der Waals surface area contributed by atoms with Gasteiger partial charge in [0.1, 0.15) is 22.3 Å². The molecule has 0 saturated heterocycles. The van der Waals surface area contributed by atoms with E-state index in [2.05, 4.69) is 376 Å². The summed E-state index contributed by atoms with van der Waals surface area (Å²) in [6, 6.07) is 139. The molecule has 0 aliphatic rings. The van der Waals surface area contributed by atoms with E-state index >= 15 is 0 Å². The topological polar surface area (TPSA) is 26.3 Å². The number of furan rings is 2. The Hall–Kier alpha value is -13.9. The third kappa shape index (κ3) is 9.18. The number of hydrogen-bond donors (Lipinski definition) is 0. The zero-order chi connectivity index (χ0) is 69.5. The van der Waals surface area contributed by atoms with E-state index in [-0.39, 0.29) is 0 Å². The lowest BCUT2D eigenvalue weighted by Crippen LogP contribution is -1.95. The monoisotopic (exact) mass is 1340 g/mol. The van der Waals surface area contributed by atoms with Crippen molar-refractivity contribution >= 4 is 130 Å². The molecule has 0 N–H and O–H groups in total. The van der Waals surface area contributed by atoms with Crippen LogP contribution in [0.5, 0.6) is 0 Å². The van der Waals surface area contributed by atoms with E-state index in [9.17, 15) is 0 Å². The van der Waals surface area contributed by atoms with Crippen LogP contribution < -0.4 is 0 Å². The van der Waals surface area contributed by atoms with Gasteiger partial charge in [0.25, 0.3) is 0 Å². The molecule has 0 aliphatic heterocycles. The van der Waals surface area contributed by atoms with Gasteiger partial charge in [-0.05, 0) is 212 Å². The maximum absolute atomic E-state index is 7.57. The lowest BCUT2D eigenvalue weighted by atomic mass is 9.81. The average Bonchev–Trinajstić information content (AvgIpc) is 0.741. The van der Waals surface area contributed by atoms with Crippen LogP contribution in [0.3, 0.4) is 0 Å². The van der Waals surface area contributed by atoms with Crippen molar-refractivity contribution in [3.05, 3.63) is 376 Å². The molecule has 2 aromatic heterocycles. The standard InChI is InChI=1S/C104H62O2/c1-5-34-69-63(26-1)30-21-50-74(69)78-38-9-10-40-81(78)100-86-45-15-17-47-88(86)102(89-48-18-16-46-87(89)100)94-61-92-90-54-25-49-73(103(90)106-98(92)62-91(94)76-52-23-32-65-28-3-7-36-71(65)76)67-56-57-79(75-51-22-31-64-27-2-6-35-70(64)75)93(58-67)101-84-43-13-11-41-82(84)99(83-42-12-14-44-85(83)101)68-59-95(77-53-24-33-66-29-4-8-37-72(66)77)104-96(60-68)80-39-19-20-55-97(80)105-104/h1-62H. The van der Waals surface area contributed by atoms with Gasteiger partial charge in [0.05, 0.1) is 0 Å². The van der Waals surface area contributed by atoms with Crippen molar-refractivity contribution in [2.75, 3.05) is 0 Å². The molecule has 0 unspecified atom stereocenters. The molecular formula is C104H62O2. The largest absolute Gasteiger partial charge is 0.455 e. The molecule has 2 heterocycles. The predicted molar refractivity (Wildman–Crippen MR) is 450 cm³/mol. The summed E-state index contributed by atoms with van der Waals surface area (Å²) >= 11 is 0. The smallest absolute Gasteiger partial charge is 0.143 e. The van der Waals surface area contributed by atoms with E-state index < -0.39 is 0 Å². The molecule has 20 aromatic carbocycles. The molecule has 0 radical (unpaired) electrons. The molecule has 2 heteroatoms. The Morgan fingerprint density at radius 3 is 0.962 bits per heavy atom. The van der Waals surface area contributed by atoms with E-state index in [1.807, 2.05) is 0 Å². The van der Waals surface area contributed by atoms with Gasteiger partial charge in [0.15, 0.2) is 0 Å². The minimum Gasteiger partial charge on any atom is -0.455 e. The summed E-state index contributed by atoms with van der Waals surface area (Å²) in [5, 5.41) is 23.3. The number of hydrogen-bond acceptors (Lipinski definition) is 2. The second-order valence-electron chi connectivity index (χ2n) is 28.3. The minimum absolute atomic E-state index is 0.828. The van der Waals surface area contributed by atoms with Crippen LogP contribution in [0.15, 0.2) is 385 Å². The summed E-state index contributed by atoms with van der Waals surface area (Å²) < 4.78 is 14.5. The Kier molecular flexibility index (Phi) is 13.4. The highest BCUT2D eigenvalue weighted by atomic mass is 16.3. The lowest BCUT2D eigenvalue weighted by molar-refractivity contribution is 0.670. The van der Waals surface area contributed by atoms with Crippen molar-refractivity contribution in [2.24, 2.45) is 0 Å². The van der Waals surface area contributed by atoms with Crippen LogP contribution in [0.25, 0.3) is 230 Å². The fourth-order valence-corrected chi connectivity index (χ4v) is 18.0. The SMILES string of the molecule is c1ccc(-c2c3ccccc3c(-c3cc4c(cc3-c3cccc5ccccc35)oc3c(-c5ccc(-c6cccc7ccccc67)c(-c6c7ccccc7c(-c7cc(-c8cccc9ccccc89)c8oc9ccccc9c8c7)c7ccccc67)c5)cccc34)c3ccccc23)c(-c2cccc3ccccc23)c1. The Labute approximate surface area is 611 Å². The quantitative estimate of drug-likeness (QED) is 0.135. The molecule has 0 spiro atoms. The Bertz CT molecular complexity index is 7330. The fraction of sp³-hybridized carbons (Fsp3) is 0. The molecule has 106 heavy (non-hydrogen) atoms. The summed E-state index contributed by atoms with van der Waals surface area (Å²) in [7, 11) is 0. The highest BCUT2D eigenvalue weighted by Gasteiger charge is 2.28. The van der Waals surface area contributed by atoms with E-state index in [1.165, 1.54) is 120 Å². The van der Waals surface area contributed by atoms with E-state index in [1.54, 1.807) is 0 Å². The molecule has 22 rings (SSSR count). The predicted octanol–water partition coefficient (Wildman–Crippen LogP) is 29.7. The van der Waals surface area contributed by atoms with Crippen molar-refractivity contribution < 1.29 is 8.83 Å². The van der Waals surface area contributed by atoms with Crippen molar-refractivity contribution in [1.29, 1.82) is 0 Å². The number of benzene rings is 20. The maximum atomic E-state index is 7.57. The first-order chi connectivity index (χ1) is 52.6. The van der Waals surface area contributed by atoms with Gasteiger partial charge < -0.3 is 8.83 Å². The molecule has 0 atom stereocenters. The van der Waals surface area contributed by atoms with Gasteiger partial charge in [0, 0.05) is 32.7 Å². The van der Waals surface area contributed by atoms with Crippen LogP contribution in [0, 0.1) is 0 Å². The Morgan fingerprint density at radius 2 is 0.453 bits per heavy atom. The minimum atomic E-state index is 0.828. The van der Waals surface area contributed by atoms with Crippen LogP contribution in [-0.4, -0.2) is 0 Å². The number of fused-ring (bicyclic) bond motifs is 14. The van der Waals surface area contributed by atoms with Crippen LogP contribution in [-0.2, 0) is 0 Å². The normalized spacial score (nSPS) is 12.0. The molecule has 2 nitrogen and oxygen atoms in total. The Morgan fingerprint density at radius 1 is 0.132 bits per heavy atom.